The van der Waals surface area contributed by atoms with Gasteiger partial charge in [-0.15, -0.1) is 0 Å². The zero-order valence-corrected chi connectivity index (χ0v) is 8.86. The largest absolute Gasteiger partial charge is 0.293 e. The molecule has 0 N–H and O–H groups in total. The number of hydrogen-bond acceptors (Lipinski definition) is 3. The van der Waals surface area contributed by atoms with Gasteiger partial charge in [0.05, 0.1) is 9.75 Å². The summed E-state index contributed by atoms with van der Waals surface area (Å²) in [5.74, 6) is 0.179. The van der Waals surface area contributed by atoms with Gasteiger partial charge in [-0.25, -0.2) is 0 Å². The number of nitrogens with zero attached hydrogens (tertiary/aromatic N) is 1. The number of ketones is 1. The first kappa shape index (κ1) is 9.58. The van der Waals surface area contributed by atoms with Gasteiger partial charge in [-0.2, -0.15) is 0 Å². The van der Waals surface area contributed by atoms with Crippen LogP contribution in [-0.2, 0) is 4.79 Å². The third-order valence-electron chi connectivity index (χ3n) is 2.63. The van der Waals surface area contributed by atoms with Crippen LogP contribution in [0.4, 0.5) is 0 Å². The van der Waals surface area contributed by atoms with Crippen LogP contribution in [0.1, 0.15) is 12.8 Å². The second kappa shape index (κ2) is 3.31. The Balaban J connectivity index is 2.32. The molecule has 0 heterocycles. The zero-order valence-electron chi connectivity index (χ0n) is 7.27. The molecule has 2 atom stereocenters. The number of alkyl halides is 1. The van der Waals surface area contributed by atoms with Crippen LogP contribution >= 0.6 is 15.9 Å². The molecular formula is C9H8BrNO3. The van der Waals surface area contributed by atoms with E-state index < -0.39 is 4.92 Å². The maximum absolute atomic E-state index is 11.5. The van der Waals surface area contributed by atoms with E-state index in [0.29, 0.717) is 12.0 Å². The van der Waals surface area contributed by atoms with E-state index in [4.69, 9.17) is 0 Å². The molecule has 0 saturated heterocycles. The number of allylic oxidation sites excluding steroid dienone is 3. The molecule has 2 unspecified atom stereocenters. The lowest BCUT2D eigenvalue weighted by Crippen LogP contribution is -2.10. The second-order valence-electron chi connectivity index (χ2n) is 3.49. The summed E-state index contributed by atoms with van der Waals surface area (Å²) in [7, 11) is 0. The highest BCUT2D eigenvalue weighted by atomic mass is 79.9. The second-order valence-corrected chi connectivity index (χ2v) is 4.59. The number of rotatable bonds is 1. The van der Waals surface area contributed by atoms with Gasteiger partial charge in [0.2, 0.25) is 0 Å². The molecule has 0 aromatic rings. The third-order valence-corrected chi connectivity index (χ3v) is 3.42. The maximum Gasteiger partial charge on any atom is 0.265 e. The Morgan fingerprint density at radius 3 is 2.93 bits per heavy atom. The Kier molecular flexibility index (Phi) is 2.26. The number of halogens is 1. The van der Waals surface area contributed by atoms with E-state index in [1.807, 2.05) is 0 Å². The summed E-state index contributed by atoms with van der Waals surface area (Å²) in [6, 6.07) is 0. The Labute approximate surface area is 88.9 Å². The molecule has 0 aromatic carbocycles. The van der Waals surface area contributed by atoms with Crippen molar-refractivity contribution in [2.75, 3.05) is 0 Å². The highest BCUT2D eigenvalue weighted by Crippen LogP contribution is 2.38. The van der Waals surface area contributed by atoms with Gasteiger partial charge in [0.1, 0.15) is 0 Å². The van der Waals surface area contributed by atoms with Crippen LogP contribution in [-0.4, -0.2) is 15.5 Å². The fraction of sp³-hybridized carbons (Fsp3) is 0.444. The topological polar surface area (TPSA) is 60.2 Å². The summed E-state index contributed by atoms with van der Waals surface area (Å²) in [6.45, 7) is 0. The molecule has 2 aliphatic rings. The summed E-state index contributed by atoms with van der Waals surface area (Å²) in [4.78, 5) is 21.4. The first-order valence-corrected chi connectivity index (χ1v) is 5.25. The summed E-state index contributed by atoms with van der Waals surface area (Å²) in [5, 5.41) is 10.5. The molecule has 0 bridgehead atoms. The minimum absolute atomic E-state index is 0.00227. The minimum atomic E-state index is -0.446. The van der Waals surface area contributed by atoms with E-state index in [1.54, 1.807) is 6.08 Å². The molecule has 74 valence electrons. The molecule has 0 aromatic heterocycles. The zero-order chi connectivity index (χ0) is 10.3. The number of Topliss-reactive ketones (excluding diaryl/α,β-unsaturated/α-hetero) is 1. The van der Waals surface area contributed by atoms with E-state index in [9.17, 15) is 14.9 Å². The molecule has 14 heavy (non-hydrogen) atoms. The molecule has 2 rings (SSSR count). The Bertz CT molecular complexity index is 372. The van der Waals surface area contributed by atoms with Crippen LogP contribution in [0, 0.1) is 16.0 Å². The average Bonchev–Trinajstić information content (AvgIpc) is 2.43. The third kappa shape index (κ3) is 1.41. The SMILES string of the molecule is O=C1C2=CC([N+](=O)[O-])=CCC2CC1Br. The van der Waals surface area contributed by atoms with Crippen LogP contribution in [0.2, 0.25) is 0 Å². The molecule has 1 saturated carbocycles. The van der Waals surface area contributed by atoms with Crippen molar-refractivity contribution in [1.29, 1.82) is 0 Å². The fourth-order valence-corrected chi connectivity index (χ4v) is 2.60. The van der Waals surface area contributed by atoms with Gasteiger partial charge in [-0.1, -0.05) is 15.9 Å². The number of fused-ring (bicyclic) bond motifs is 1. The molecule has 0 aliphatic heterocycles. The van der Waals surface area contributed by atoms with E-state index >= 15 is 0 Å². The average molecular weight is 258 g/mol. The Morgan fingerprint density at radius 2 is 2.29 bits per heavy atom. The summed E-state index contributed by atoms with van der Waals surface area (Å²) >= 11 is 3.27. The standard InChI is InChI=1S/C9H8BrNO3/c10-8-3-5-1-2-6(11(13)14)4-7(5)9(8)12/h2,4-5,8H,1,3H2. The minimum Gasteiger partial charge on any atom is -0.293 e. The monoisotopic (exact) mass is 257 g/mol. The lowest BCUT2D eigenvalue weighted by Gasteiger charge is -2.10. The van der Waals surface area contributed by atoms with Gasteiger partial charge < -0.3 is 0 Å². The summed E-state index contributed by atoms with van der Waals surface area (Å²) < 4.78 is 0. The van der Waals surface area contributed by atoms with Crippen molar-refractivity contribution >= 4 is 21.7 Å². The predicted octanol–water partition coefficient (Wildman–Crippen LogP) is 1.83. The van der Waals surface area contributed by atoms with Gasteiger partial charge >= 0.3 is 0 Å². The normalized spacial score (nSPS) is 30.8. The molecule has 4 nitrogen and oxygen atoms in total. The van der Waals surface area contributed by atoms with Gasteiger partial charge in [-0.3, -0.25) is 14.9 Å². The Hall–Kier alpha value is -0.970. The van der Waals surface area contributed by atoms with E-state index in [2.05, 4.69) is 15.9 Å². The first-order valence-electron chi connectivity index (χ1n) is 4.34. The highest BCUT2D eigenvalue weighted by Gasteiger charge is 2.38. The smallest absolute Gasteiger partial charge is 0.265 e. The fourth-order valence-electron chi connectivity index (χ4n) is 1.89. The quantitative estimate of drug-likeness (QED) is 0.409. The van der Waals surface area contributed by atoms with Crippen molar-refractivity contribution < 1.29 is 9.72 Å². The maximum atomic E-state index is 11.5. The van der Waals surface area contributed by atoms with E-state index in [-0.39, 0.29) is 22.2 Å². The van der Waals surface area contributed by atoms with Crippen LogP contribution in [0.15, 0.2) is 23.4 Å². The van der Waals surface area contributed by atoms with Crippen LogP contribution in [0.5, 0.6) is 0 Å². The molecule has 2 aliphatic carbocycles. The molecule has 0 radical (unpaired) electrons. The predicted molar refractivity (Wildman–Crippen MR) is 53.6 cm³/mol. The molecule has 5 heteroatoms. The van der Waals surface area contributed by atoms with Gasteiger partial charge in [0.15, 0.2) is 5.78 Å². The lowest BCUT2D eigenvalue weighted by molar-refractivity contribution is -0.419. The van der Waals surface area contributed by atoms with Crippen molar-refractivity contribution in [3.8, 4) is 0 Å². The van der Waals surface area contributed by atoms with Crippen molar-refractivity contribution in [3.63, 3.8) is 0 Å². The van der Waals surface area contributed by atoms with Gasteiger partial charge in [0, 0.05) is 11.6 Å². The first-order chi connectivity index (χ1) is 6.59. The Morgan fingerprint density at radius 1 is 1.57 bits per heavy atom. The van der Waals surface area contributed by atoms with Gasteiger partial charge in [0.25, 0.3) is 5.70 Å². The molecular weight excluding hydrogens is 250 g/mol. The summed E-state index contributed by atoms with van der Waals surface area (Å²) in [6.07, 6.45) is 4.37. The number of nitro groups is 1. The van der Waals surface area contributed by atoms with Crippen molar-refractivity contribution in [2.45, 2.75) is 17.7 Å². The molecule has 1 fully saturated rings. The van der Waals surface area contributed by atoms with Crippen LogP contribution < -0.4 is 0 Å². The van der Waals surface area contributed by atoms with Crippen molar-refractivity contribution in [2.24, 2.45) is 5.92 Å². The van der Waals surface area contributed by atoms with Gasteiger partial charge in [-0.05, 0) is 24.8 Å². The number of carbonyl (C=O) groups excluding carboxylic acids is 1. The lowest BCUT2D eigenvalue weighted by atomic mass is 9.93. The number of carbonyl (C=O) groups is 1. The summed E-state index contributed by atoms with van der Waals surface area (Å²) in [5.41, 5.74) is 0.660. The number of hydrogen-bond donors (Lipinski definition) is 0. The van der Waals surface area contributed by atoms with Crippen molar-refractivity contribution in [3.05, 3.63) is 33.5 Å². The molecule has 0 amide bonds. The van der Waals surface area contributed by atoms with E-state index in [1.165, 1.54) is 6.08 Å². The van der Waals surface area contributed by atoms with Crippen LogP contribution in [0.3, 0.4) is 0 Å². The van der Waals surface area contributed by atoms with E-state index in [0.717, 1.165) is 6.42 Å². The molecule has 0 spiro atoms. The van der Waals surface area contributed by atoms with Crippen molar-refractivity contribution in [1.82, 2.24) is 0 Å². The highest BCUT2D eigenvalue weighted by molar-refractivity contribution is 9.10. The van der Waals surface area contributed by atoms with Crippen LogP contribution in [0.25, 0.3) is 0 Å².